The maximum absolute atomic E-state index is 12.5. The minimum Gasteiger partial charge on any atom is -0.360 e. The van der Waals surface area contributed by atoms with Gasteiger partial charge >= 0.3 is 6.03 Å². The number of nitrogens with one attached hydrogen (secondary N) is 3. The zero-order valence-electron chi connectivity index (χ0n) is 17.3. The van der Waals surface area contributed by atoms with E-state index in [1.165, 1.54) is 11.8 Å². The molecular formula is C21H26N6O2S. The first-order chi connectivity index (χ1) is 14.4. The number of benzene rings is 1. The second-order valence-electron chi connectivity index (χ2n) is 8.01. The molecule has 1 aliphatic carbocycles. The molecule has 1 fully saturated rings. The van der Waals surface area contributed by atoms with Crippen molar-refractivity contribution in [1.29, 1.82) is 0 Å². The van der Waals surface area contributed by atoms with Crippen LogP contribution < -0.4 is 10.6 Å². The number of rotatable bonds is 7. The lowest BCUT2D eigenvalue weighted by molar-refractivity contribution is -0.119. The molecule has 1 atom stereocenters. The van der Waals surface area contributed by atoms with E-state index in [0.29, 0.717) is 23.7 Å². The minimum absolute atomic E-state index is 0.317. The molecule has 0 unspecified atom stereocenters. The van der Waals surface area contributed by atoms with Crippen LogP contribution in [0.4, 0.5) is 4.79 Å². The summed E-state index contributed by atoms with van der Waals surface area (Å²) in [6.07, 6.45) is 4.09. The molecular weight excluding hydrogens is 400 g/mol. The number of urea groups is 1. The second-order valence-corrected chi connectivity index (χ2v) is 9.32. The number of fused-ring (bicyclic) bond motifs is 1. The Morgan fingerprint density at radius 1 is 1.23 bits per heavy atom. The maximum atomic E-state index is 12.5. The van der Waals surface area contributed by atoms with Crippen LogP contribution in [-0.2, 0) is 4.79 Å². The third kappa shape index (κ3) is 4.35. The van der Waals surface area contributed by atoms with E-state index in [-0.39, 0.29) is 5.91 Å². The Balaban J connectivity index is 1.51. The van der Waals surface area contributed by atoms with Gasteiger partial charge in [0.15, 0.2) is 11.0 Å². The smallest absolute Gasteiger partial charge is 0.321 e. The Hall–Kier alpha value is -2.81. The Bertz CT molecular complexity index is 1070. The van der Waals surface area contributed by atoms with E-state index >= 15 is 0 Å². The number of thioether (sulfide) groups is 1. The normalized spacial score (nSPS) is 14.8. The van der Waals surface area contributed by atoms with E-state index in [9.17, 15) is 9.59 Å². The van der Waals surface area contributed by atoms with Crippen LogP contribution in [0.25, 0.3) is 22.3 Å². The second kappa shape index (κ2) is 8.51. The molecule has 2 aromatic heterocycles. The van der Waals surface area contributed by atoms with Crippen molar-refractivity contribution >= 4 is 34.6 Å². The molecule has 2 heterocycles. The van der Waals surface area contributed by atoms with Crippen LogP contribution in [-0.4, -0.2) is 43.5 Å². The van der Waals surface area contributed by atoms with Crippen LogP contribution in [0, 0.1) is 5.92 Å². The summed E-state index contributed by atoms with van der Waals surface area (Å²) in [5, 5.41) is 15.2. The first kappa shape index (κ1) is 20.5. The van der Waals surface area contributed by atoms with Crippen LogP contribution in [0.3, 0.4) is 0 Å². The van der Waals surface area contributed by atoms with Gasteiger partial charge in [0.2, 0.25) is 5.91 Å². The summed E-state index contributed by atoms with van der Waals surface area (Å²) in [5.74, 6) is 0.776. The van der Waals surface area contributed by atoms with Gasteiger partial charge in [0, 0.05) is 35.2 Å². The third-order valence-corrected chi connectivity index (χ3v) is 6.02. The van der Waals surface area contributed by atoms with E-state index in [1.807, 2.05) is 38.2 Å². The van der Waals surface area contributed by atoms with Crippen molar-refractivity contribution in [3.05, 3.63) is 30.5 Å². The van der Waals surface area contributed by atoms with Gasteiger partial charge in [0.1, 0.15) is 0 Å². The number of carbonyl (C=O) groups excluding carboxylic acids is 2. The SMILES string of the molecule is CC(C)CNC(=O)NC(=O)[C@H](C)Sc1nnc(-c2c[nH]c3ccccc23)n1C1CC1. The van der Waals surface area contributed by atoms with E-state index in [4.69, 9.17) is 0 Å². The van der Waals surface area contributed by atoms with Crippen LogP contribution in [0.5, 0.6) is 0 Å². The third-order valence-electron chi connectivity index (χ3n) is 4.97. The van der Waals surface area contributed by atoms with Crippen LogP contribution in [0.2, 0.25) is 0 Å². The summed E-state index contributed by atoms with van der Waals surface area (Å²) in [6, 6.07) is 7.96. The number of para-hydroxylation sites is 1. The highest BCUT2D eigenvalue weighted by molar-refractivity contribution is 8.00. The van der Waals surface area contributed by atoms with Gasteiger partial charge in [-0.2, -0.15) is 0 Å². The van der Waals surface area contributed by atoms with Gasteiger partial charge in [-0.15, -0.1) is 10.2 Å². The summed E-state index contributed by atoms with van der Waals surface area (Å²) in [7, 11) is 0. The Morgan fingerprint density at radius 2 is 2.00 bits per heavy atom. The molecule has 8 nitrogen and oxygen atoms in total. The molecule has 158 valence electrons. The van der Waals surface area contributed by atoms with Gasteiger partial charge in [-0.1, -0.05) is 43.8 Å². The van der Waals surface area contributed by atoms with Crippen molar-refractivity contribution in [2.75, 3.05) is 6.54 Å². The van der Waals surface area contributed by atoms with Crippen molar-refractivity contribution in [1.82, 2.24) is 30.4 Å². The van der Waals surface area contributed by atoms with E-state index in [0.717, 1.165) is 35.1 Å². The molecule has 0 radical (unpaired) electrons. The summed E-state index contributed by atoms with van der Waals surface area (Å²) in [6.45, 7) is 6.28. The number of imide groups is 1. The number of nitrogens with zero attached hydrogens (tertiary/aromatic N) is 3. The molecule has 3 amide bonds. The Kier molecular flexibility index (Phi) is 5.80. The number of hydrogen-bond acceptors (Lipinski definition) is 5. The van der Waals surface area contributed by atoms with Gasteiger partial charge in [-0.25, -0.2) is 4.79 Å². The molecule has 30 heavy (non-hydrogen) atoms. The molecule has 1 aliphatic rings. The molecule has 0 aliphatic heterocycles. The lowest BCUT2D eigenvalue weighted by Gasteiger charge is -2.13. The minimum atomic E-state index is -0.479. The summed E-state index contributed by atoms with van der Waals surface area (Å²) in [4.78, 5) is 27.6. The van der Waals surface area contributed by atoms with Gasteiger partial charge < -0.3 is 10.3 Å². The molecule has 1 saturated carbocycles. The quantitative estimate of drug-likeness (QED) is 0.500. The van der Waals surface area contributed by atoms with Gasteiger partial charge in [-0.05, 0) is 31.7 Å². The first-order valence-electron chi connectivity index (χ1n) is 10.2. The molecule has 3 aromatic rings. The van der Waals surface area contributed by atoms with E-state index < -0.39 is 11.3 Å². The number of H-pyrrole nitrogens is 1. The topological polar surface area (TPSA) is 105 Å². The summed E-state index contributed by atoms with van der Waals surface area (Å²) < 4.78 is 2.13. The first-order valence-corrected chi connectivity index (χ1v) is 11.1. The van der Waals surface area contributed by atoms with Crippen molar-refractivity contribution in [3.63, 3.8) is 0 Å². The molecule has 0 spiro atoms. The standard InChI is InChI=1S/C21H26N6O2S/c1-12(2)10-23-20(29)24-19(28)13(3)30-21-26-25-18(27(21)14-8-9-14)16-11-22-17-7-5-4-6-15(16)17/h4-7,11-14,22H,8-10H2,1-3H3,(H2,23,24,28,29)/t13-/m0/s1. The fourth-order valence-electron chi connectivity index (χ4n) is 3.23. The van der Waals surface area contributed by atoms with Crippen molar-refractivity contribution < 1.29 is 9.59 Å². The average molecular weight is 427 g/mol. The largest absolute Gasteiger partial charge is 0.360 e. The molecule has 4 rings (SSSR count). The zero-order chi connectivity index (χ0) is 21.3. The van der Waals surface area contributed by atoms with Gasteiger partial charge in [0.05, 0.1) is 5.25 Å². The number of amides is 3. The molecule has 9 heteroatoms. The molecule has 1 aromatic carbocycles. The average Bonchev–Trinajstić information content (AvgIpc) is 3.33. The highest BCUT2D eigenvalue weighted by Gasteiger charge is 2.32. The fourth-order valence-corrected chi connectivity index (χ4v) is 4.14. The van der Waals surface area contributed by atoms with Gasteiger partial charge in [0.25, 0.3) is 0 Å². The predicted octanol–water partition coefficient (Wildman–Crippen LogP) is 3.72. The van der Waals surface area contributed by atoms with Crippen LogP contribution >= 0.6 is 11.8 Å². The lowest BCUT2D eigenvalue weighted by Crippen LogP contribution is -2.43. The number of hydrogen-bond donors (Lipinski definition) is 3. The molecule has 0 bridgehead atoms. The maximum Gasteiger partial charge on any atom is 0.321 e. The lowest BCUT2D eigenvalue weighted by atomic mass is 10.1. The van der Waals surface area contributed by atoms with E-state index in [1.54, 1.807) is 6.92 Å². The van der Waals surface area contributed by atoms with Crippen molar-refractivity contribution in [2.45, 2.75) is 50.1 Å². The van der Waals surface area contributed by atoms with Crippen LogP contribution in [0.1, 0.15) is 39.7 Å². The Labute approximate surface area is 179 Å². The number of carbonyl (C=O) groups is 2. The zero-order valence-corrected chi connectivity index (χ0v) is 18.1. The van der Waals surface area contributed by atoms with E-state index in [2.05, 4.69) is 36.4 Å². The van der Waals surface area contributed by atoms with Crippen molar-refractivity contribution in [2.24, 2.45) is 5.92 Å². The monoisotopic (exact) mass is 426 g/mol. The summed E-state index contributed by atoms with van der Waals surface area (Å²) in [5.41, 5.74) is 2.05. The summed E-state index contributed by atoms with van der Waals surface area (Å²) >= 11 is 1.32. The number of aromatic amines is 1. The highest BCUT2D eigenvalue weighted by Crippen LogP contribution is 2.42. The van der Waals surface area contributed by atoms with Crippen molar-refractivity contribution in [3.8, 4) is 11.4 Å². The predicted molar refractivity (Wildman–Crippen MR) is 117 cm³/mol. The number of aromatic nitrogens is 4. The fraction of sp³-hybridized carbons (Fsp3) is 0.429. The Morgan fingerprint density at radius 3 is 2.73 bits per heavy atom. The van der Waals surface area contributed by atoms with Crippen LogP contribution in [0.15, 0.2) is 35.6 Å². The van der Waals surface area contributed by atoms with Gasteiger partial charge in [-0.3, -0.25) is 14.7 Å². The molecule has 0 saturated heterocycles. The highest BCUT2D eigenvalue weighted by atomic mass is 32.2. The molecule has 3 N–H and O–H groups in total.